The third-order valence-corrected chi connectivity index (χ3v) is 4.33. The number of hydrogen-bond donors (Lipinski definition) is 3. The molecule has 0 aliphatic carbocycles. The summed E-state index contributed by atoms with van der Waals surface area (Å²) in [6.45, 7) is 4.08. The van der Waals surface area contributed by atoms with Crippen molar-refractivity contribution in [2.24, 2.45) is 5.92 Å². The highest BCUT2D eigenvalue weighted by Gasteiger charge is 2.23. The van der Waals surface area contributed by atoms with E-state index in [1.54, 1.807) is 0 Å². The Kier molecular flexibility index (Phi) is 4.93. The summed E-state index contributed by atoms with van der Waals surface area (Å²) in [6.07, 6.45) is 0.973. The van der Waals surface area contributed by atoms with Gasteiger partial charge in [0.15, 0.2) is 0 Å². The Morgan fingerprint density at radius 3 is 2.61 bits per heavy atom. The van der Waals surface area contributed by atoms with Gasteiger partial charge in [0.1, 0.15) is 0 Å². The van der Waals surface area contributed by atoms with Crippen molar-refractivity contribution in [2.75, 3.05) is 18.4 Å². The minimum absolute atomic E-state index is 0.0113. The number of carbonyl (C=O) groups excluding carboxylic acids is 1. The third kappa shape index (κ3) is 3.90. The van der Waals surface area contributed by atoms with Gasteiger partial charge in [0.2, 0.25) is 0 Å². The van der Waals surface area contributed by atoms with Gasteiger partial charge in [-0.15, -0.1) is 0 Å². The molecule has 0 bridgehead atoms. The summed E-state index contributed by atoms with van der Waals surface area (Å²) in [5.74, 6) is 0.435. The number of para-hydroxylation sites is 2. The molecule has 3 N–H and O–H groups in total. The number of anilines is 2. The lowest BCUT2D eigenvalue weighted by molar-refractivity contribution is 0.0915. The normalized spacial score (nSPS) is 20.7. The molecular weight excluding hydrogens is 286 g/mol. The van der Waals surface area contributed by atoms with Crippen molar-refractivity contribution in [1.29, 1.82) is 0 Å². The second kappa shape index (κ2) is 7.29. The average molecular weight is 309 g/mol. The fourth-order valence-corrected chi connectivity index (χ4v) is 2.94. The Balaban J connectivity index is 1.75. The first kappa shape index (κ1) is 15.6. The second-order valence-corrected chi connectivity index (χ2v) is 6.09. The van der Waals surface area contributed by atoms with E-state index < -0.39 is 0 Å². The molecule has 2 unspecified atom stereocenters. The first-order valence-electron chi connectivity index (χ1n) is 8.17. The molecule has 3 rings (SSSR count). The summed E-state index contributed by atoms with van der Waals surface area (Å²) >= 11 is 0. The minimum atomic E-state index is -0.0113. The molecule has 0 saturated carbocycles. The topological polar surface area (TPSA) is 53.2 Å². The van der Waals surface area contributed by atoms with Gasteiger partial charge in [-0.25, -0.2) is 0 Å². The molecule has 2 aromatic carbocycles. The largest absolute Gasteiger partial charge is 0.355 e. The van der Waals surface area contributed by atoms with Crippen LogP contribution in [0.3, 0.4) is 0 Å². The van der Waals surface area contributed by atoms with E-state index in [9.17, 15) is 4.79 Å². The van der Waals surface area contributed by atoms with Gasteiger partial charge in [-0.1, -0.05) is 37.3 Å². The summed E-state index contributed by atoms with van der Waals surface area (Å²) in [5, 5.41) is 9.88. The molecule has 0 aromatic heterocycles. The quantitative estimate of drug-likeness (QED) is 0.813. The van der Waals surface area contributed by atoms with Gasteiger partial charge in [-0.05, 0) is 49.7 Å². The Hall–Kier alpha value is -2.33. The fourth-order valence-electron chi connectivity index (χ4n) is 2.94. The Bertz CT molecular complexity index is 657. The Morgan fingerprint density at radius 2 is 1.83 bits per heavy atom. The molecule has 120 valence electrons. The average Bonchev–Trinajstić information content (AvgIpc) is 2.58. The molecule has 1 aliphatic heterocycles. The highest BCUT2D eigenvalue weighted by Crippen LogP contribution is 2.21. The van der Waals surface area contributed by atoms with Crippen molar-refractivity contribution >= 4 is 17.3 Å². The number of rotatable bonds is 4. The van der Waals surface area contributed by atoms with Crippen molar-refractivity contribution in [3.05, 3.63) is 60.2 Å². The molecule has 0 spiro atoms. The van der Waals surface area contributed by atoms with Gasteiger partial charge < -0.3 is 16.0 Å². The highest BCUT2D eigenvalue weighted by atomic mass is 16.1. The molecule has 1 fully saturated rings. The molecule has 0 radical (unpaired) electrons. The van der Waals surface area contributed by atoms with Gasteiger partial charge >= 0.3 is 0 Å². The number of benzene rings is 2. The van der Waals surface area contributed by atoms with Crippen molar-refractivity contribution < 1.29 is 4.79 Å². The maximum atomic E-state index is 12.7. The van der Waals surface area contributed by atoms with Crippen molar-refractivity contribution in [2.45, 2.75) is 19.4 Å². The molecule has 2 aromatic rings. The van der Waals surface area contributed by atoms with Crippen molar-refractivity contribution in [3.63, 3.8) is 0 Å². The first-order chi connectivity index (χ1) is 11.2. The number of hydrogen-bond acceptors (Lipinski definition) is 3. The van der Waals surface area contributed by atoms with Gasteiger partial charge in [0.25, 0.3) is 5.91 Å². The summed E-state index contributed by atoms with van der Waals surface area (Å²) in [6, 6.07) is 17.8. The Morgan fingerprint density at radius 1 is 1.09 bits per heavy atom. The molecule has 4 nitrogen and oxygen atoms in total. The van der Waals surface area contributed by atoms with Crippen molar-refractivity contribution in [3.8, 4) is 0 Å². The zero-order valence-corrected chi connectivity index (χ0v) is 13.4. The van der Waals surface area contributed by atoms with Gasteiger partial charge in [0, 0.05) is 11.7 Å². The standard InChI is InChI=1S/C19H23N3O/c1-14-13-20-12-11-17(14)22-19(23)16-9-5-6-10-18(16)21-15-7-3-2-4-8-15/h2-10,14,17,20-21H,11-13H2,1H3,(H,22,23). The second-order valence-electron chi connectivity index (χ2n) is 6.09. The monoisotopic (exact) mass is 309 g/mol. The molecule has 1 heterocycles. The zero-order chi connectivity index (χ0) is 16.1. The van der Waals surface area contributed by atoms with E-state index in [1.165, 1.54) is 0 Å². The van der Waals surface area contributed by atoms with Gasteiger partial charge in [-0.2, -0.15) is 0 Å². The van der Waals surface area contributed by atoms with E-state index in [0.717, 1.165) is 30.9 Å². The van der Waals surface area contributed by atoms with Crippen LogP contribution >= 0.6 is 0 Å². The maximum Gasteiger partial charge on any atom is 0.253 e. The summed E-state index contributed by atoms with van der Waals surface area (Å²) < 4.78 is 0. The third-order valence-electron chi connectivity index (χ3n) is 4.33. The molecule has 4 heteroatoms. The van der Waals surface area contributed by atoms with Gasteiger partial charge in [-0.3, -0.25) is 4.79 Å². The lowest BCUT2D eigenvalue weighted by Crippen LogP contribution is -2.48. The van der Waals surface area contributed by atoms with E-state index in [1.807, 2.05) is 54.6 Å². The van der Waals surface area contributed by atoms with Crippen LogP contribution in [-0.4, -0.2) is 25.0 Å². The van der Waals surface area contributed by atoms with E-state index >= 15 is 0 Å². The SMILES string of the molecule is CC1CNCCC1NC(=O)c1ccccc1Nc1ccccc1. The van der Waals surface area contributed by atoms with Crippen LogP contribution in [0.1, 0.15) is 23.7 Å². The molecule has 1 amide bonds. The number of nitrogens with one attached hydrogen (secondary N) is 3. The summed E-state index contributed by atoms with van der Waals surface area (Å²) in [4.78, 5) is 12.7. The van der Waals surface area contributed by atoms with Crippen LogP contribution < -0.4 is 16.0 Å². The smallest absolute Gasteiger partial charge is 0.253 e. The van der Waals surface area contributed by atoms with Crippen LogP contribution in [0.15, 0.2) is 54.6 Å². The molecule has 1 saturated heterocycles. The van der Waals surface area contributed by atoms with Crippen molar-refractivity contribution in [1.82, 2.24) is 10.6 Å². The predicted octanol–water partition coefficient (Wildman–Crippen LogP) is 3.16. The fraction of sp³-hybridized carbons (Fsp3) is 0.316. The van der Waals surface area contributed by atoms with Crippen LogP contribution in [0.2, 0.25) is 0 Å². The highest BCUT2D eigenvalue weighted by molar-refractivity contribution is 6.00. The van der Waals surface area contributed by atoms with Crippen LogP contribution in [0, 0.1) is 5.92 Å². The van der Waals surface area contributed by atoms with Crippen LogP contribution in [0.5, 0.6) is 0 Å². The van der Waals surface area contributed by atoms with E-state index in [0.29, 0.717) is 11.5 Å². The molecule has 23 heavy (non-hydrogen) atoms. The van der Waals surface area contributed by atoms with E-state index in [2.05, 4.69) is 22.9 Å². The predicted molar refractivity (Wildman–Crippen MR) is 94.1 cm³/mol. The molecule has 1 aliphatic rings. The first-order valence-corrected chi connectivity index (χ1v) is 8.17. The van der Waals surface area contributed by atoms with Crippen LogP contribution in [0.25, 0.3) is 0 Å². The lowest BCUT2D eigenvalue weighted by atomic mass is 9.95. The van der Waals surface area contributed by atoms with Crippen LogP contribution in [-0.2, 0) is 0 Å². The lowest BCUT2D eigenvalue weighted by Gasteiger charge is -2.30. The summed E-state index contributed by atoms with van der Waals surface area (Å²) in [7, 11) is 0. The molecular formula is C19H23N3O. The van der Waals surface area contributed by atoms with Crippen LogP contribution in [0.4, 0.5) is 11.4 Å². The number of carbonyl (C=O) groups is 1. The zero-order valence-electron chi connectivity index (χ0n) is 13.4. The number of amides is 1. The number of piperidine rings is 1. The minimum Gasteiger partial charge on any atom is -0.355 e. The van der Waals surface area contributed by atoms with E-state index in [4.69, 9.17) is 0 Å². The maximum absolute atomic E-state index is 12.7. The summed E-state index contributed by atoms with van der Waals surface area (Å²) in [5.41, 5.74) is 2.49. The van der Waals surface area contributed by atoms with Gasteiger partial charge in [0.05, 0.1) is 11.3 Å². The molecule has 2 atom stereocenters. The van der Waals surface area contributed by atoms with E-state index in [-0.39, 0.29) is 11.9 Å². The Labute approximate surface area is 137 Å².